The van der Waals surface area contributed by atoms with Crippen LogP contribution in [0.25, 0.3) is 0 Å². The molecule has 0 spiro atoms. The van der Waals surface area contributed by atoms with Gasteiger partial charge in [0.05, 0.1) is 12.5 Å². The van der Waals surface area contributed by atoms with Gasteiger partial charge < -0.3 is 10.1 Å². The standard InChI is InChI=1S/C19H27FN2O2/c1-4-8-22-12-16(15-5-6-18(20)14(2)10-15)11-17(13-22)19(23)21-7-9-24-3/h4-6,10,16-17H,1,7-9,11-13H2,2-3H3,(H,21,23). The van der Waals surface area contributed by atoms with Crippen LogP contribution in [0.3, 0.4) is 0 Å². The summed E-state index contributed by atoms with van der Waals surface area (Å²) in [6, 6.07) is 5.26. The maximum atomic E-state index is 13.5. The van der Waals surface area contributed by atoms with Crippen molar-refractivity contribution in [2.45, 2.75) is 19.3 Å². The molecule has 0 saturated carbocycles. The molecule has 2 unspecified atom stereocenters. The Morgan fingerprint density at radius 2 is 2.29 bits per heavy atom. The average molecular weight is 334 g/mol. The smallest absolute Gasteiger partial charge is 0.224 e. The van der Waals surface area contributed by atoms with E-state index in [1.807, 2.05) is 18.2 Å². The lowest BCUT2D eigenvalue weighted by Crippen LogP contribution is -2.46. The average Bonchev–Trinajstić information content (AvgIpc) is 2.57. The van der Waals surface area contributed by atoms with E-state index in [2.05, 4.69) is 16.8 Å². The number of nitrogens with zero attached hydrogens (tertiary/aromatic N) is 1. The molecular weight excluding hydrogens is 307 g/mol. The number of nitrogens with one attached hydrogen (secondary N) is 1. The summed E-state index contributed by atoms with van der Waals surface area (Å²) in [6.07, 6.45) is 2.63. The van der Waals surface area contributed by atoms with Gasteiger partial charge in [-0.1, -0.05) is 18.2 Å². The van der Waals surface area contributed by atoms with Gasteiger partial charge >= 0.3 is 0 Å². The van der Waals surface area contributed by atoms with Crippen LogP contribution in [0.5, 0.6) is 0 Å². The molecule has 0 radical (unpaired) electrons. The zero-order valence-electron chi connectivity index (χ0n) is 14.6. The number of hydrogen-bond donors (Lipinski definition) is 1. The number of carbonyl (C=O) groups excluding carboxylic acids is 1. The summed E-state index contributed by atoms with van der Waals surface area (Å²) in [5.41, 5.74) is 1.74. The van der Waals surface area contributed by atoms with Crippen molar-refractivity contribution in [3.8, 4) is 0 Å². The third-order valence-electron chi connectivity index (χ3n) is 4.54. The molecule has 4 nitrogen and oxygen atoms in total. The van der Waals surface area contributed by atoms with Gasteiger partial charge in [0.2, 0.25) is 5.91 Å². The van der Waals surface area contributed by atoms with Gasteiger partial charge in [-0.2, -0.15) is 0 Å². The van der Waals surface area contributed by atoms with E-state index < -0.39 is 0 Å². The second kappa shape index (κ2) is 8.94. The van der Waals surface area contributed by atoms with E-state index >= 15 is 0 Å². The van der Waals surface area contributed by atoms with Crippen LogP contribution in [-0.4, -0.2) is 50.7 Å². The van der Waals surface area contributed by atoms with Crippen LogP contribution in [-0.2, 0) is 9.53 Å². The van der Waals surface area contributed by atoms with Crippen LogP contribution < -0.4 is 5.32 Å². The predicted molar refractivity (Wildman–Crippen MR) is 93.5 cm³/mol. The first kappa shape index (κ1) is 18.6. The van der Waals surface area contributed by atoms with Crippen molar-refractivity contribution in [1.29, 1.82) is 0 Å². The molecule has 1 aromatic carbocycles. The highest BCUT2D eigenvalue weighted by Crippen LogP contribution is 2.31. The van der Waals surface area contributed by atoms with Crippen molar-refractivity contribution in [2.24, 2.45) is 5.92 Å². The number of methoxy groups -OCH3 is 1. The lowest BCUT2D eigenvalue weighted by molar-refractivity contribution is -0.127. The van der Waals surface area contributed by atoms with Crippen molar-refractivity contribution in [3.63, 3.8) is 0 Å². The molecule has 1 aliphatic rings. The normalized spacial score (nSPS) is 21.5. The summed E-state index contributed by atoms with van der Waals surface area (Å²) in [6.45, 7) is 8.94. The molecule has 24 heavy (non-hydrogen) atoms. The quantitative estimate of drug-likeness (QED) is 0.615. The number of halogens is 1. The lowest BCUT2D eigenvalue weighted by atomic mass is 9.83. The third kappa shape index (κ3) is 4.89. The largest absolute Gasteiger partial charge is 0.383 e. The summed E-state index contributed by atoms with van der Waals surface area (Å²) in [7, 11) is 1.62. The molecule has 1 N–H and O–H groups in total. The fraction of sp³-hybridized carbons (Fsp3) is 0.526. The summed E-state index contributed by atoms with van der Waals surface area (Å²) in [5, 5.41) is 2.93. The molecule has 5 heteroatoms. The molecule has 1 aliphatic heterocycles. The van der Waals surface area contributed by atoms with Crippen LogP contribution in [0.4, 0.5) is 4.39 Å². The molecule has 2 rings (SSSR count). The highest BCUT2D eigenvalue weighted by molar-refractivity contribution is 5.79. The maximum Gasteiger partial charge on any atom is 0.224 e. The number of likely N-dealkylation sites (tertiary alicyclic amines) is 1. The molecule has 1 fully saturated rings. The van der Waals surface area contributed by atoms with Gasteiger partial charge in [-0.25, -0.2) is 4.39 Å². The van der Waals surface area contributed by atoms with E-state index in [9.17, 15) is 9.18 Å². The first-order valence-electron chi connectivity index (χ1n) is 8.41. The molecular formula is C19H27FN2O2. The second-order valence-electron chi connectivity index (χ2n) is 6.43. The number of benzene rings is 1. The number of carbonyl (C=O) groups is 1. The summed E-state index contributed by atoms with van der Waals surface area (Å²) in [5.74, 6) is 0.0121. The Kier molecular flexibility index (Phi) is 6.94. The molecule has 1 heterocycles. The van der Waals surface area contributed by atoms with Crippen LogP contribution in [0.2, 0.25) is 0 Å². The summed E-state index contributed by atoms with van der Waals surface area (Å²) in [4.78, 5) is 14.7. The summed E-state index contributed by atoms with van der Waals surface area (Å²) < 4.78 is 18.5. The van der Waals surface area contributed by atoms with Crippen molar-refractivity contribution in [3.05, 3.63) is 47.8 Å². The number of ether oxygens (including phenoxy) is 1. The van der Waals surface area contributed by atoms with Crippen LogP contribution in [0.1, 0.15) is 23.5 Å². The van der Waals surface area contributed by atoms with Crippen molar-refractivity contribution < 1.29 is 13.9 Å². The second-order valence-corrected chi connectivity index (χ2v) is 6.43. The molecule has 1 aromatic rings. The maximum absolute atomic E-state index is 13.5. The fourth-order valence-electron chi connectivity index (χ4n) is 3.30. The van der Waals surface area contributed by atoms with Crippen molar-refractivity contribution >= 4 is 5.91 Å². The number of piperidine rings is 1. The minimum Gasteiger partial charge on any atom is -0.383 e. The van der Waals surface area contributed by atoms with Gasteiger partial charge in [-0.3, -0.25) is 9.69 Å². The zero-order valence-corrected chi connectivity index (χ0v) is 14.6. The van der Waals surface area contributed by atoms with Crippen molar-refractivity contribution in [2.75, 3.05) is 39.9 Å². The van der Waals surface area contributed by atoms with Gasteiger partial charge in [0.25, 0.3) is 0 Å². The van der Waals surface area contributed by atoms with Gasteiger partial charge in [0.15, 0.2) is 0 Å². The van der Waals surface area contributed by atoms with E-state index in [0.717, 1.165) is 31.6 Å². The molecule has 0 aromatic heterocycles. The Morgan fingerprint density at radius 3 is 2.96 bits per heavy atom. The Morgan fingerprint density at radius 1 is 1.50 bits per heavy atom. The third-order valence-corrected chi connectivity index (χ3v) is 4.54. The minimum absolute atomic E-state index is 0.0599. The molecule has 132 valence electrons. The highest BCUT2D eigenvalue weighted by atomic mass is 19.1. The Hall–Kier alpha value is -1.72. The van der Waals surface area contributed by atoms with Gasteiger partial charge in [0.1, 0.15) is 5.82 Å². The zero-order chi connectivity index (χ0) is 17.5. The van der Waals surface area contributed by atoms with Crippen LogP contribution >= 0.6 is 0 Å². The molecule has 2 atom stereocenters. The number of hydrogen-bond acceptors (Lipinski definition) is 3. The van der Waals surface area contributed by atoms with Gasteiger partial charge in [-0.15, -0.1) is 6.58 Å². The Bertz CT molecular complexity index is 576. The molecule has 1 saturated heterocycles. The topological polar surface area (TPSA) is 41.6 Å². The first-order chi connectivity index (χ1) is 11.5. The Balaban J connectivity index is 2.11. The van der Waals surface area contributed by atoms with Crippen molar-refractivity contribution in [1.82, 2.24) is 10.2 Å². The van der Waals surface area contributed by atoms with Gasteiger partial charge in [-0.05, 0) is 36.5 Å². The molecule has 0 aliphatic carbocycles. The first-order valence-corrected chi connectivity index (χ1v) is 8.41. The van der Waals surface area contributed by atoms with Gasteiger partial charge in [0, 0.05) is 33.3 Å². The predicted octanol–water partition coefficient (Wildman–Crippen LogP) is 2.49. The molecule has 1 amide bonds. The minimum atomic E-state index is -0.189. The Labute approximate surface area is 143 Å². The van der Waals surface area contributed by atoms with E-state index in [4.69, 9.17) is 4.74 Å². The number of amides is 1. The van der Waals surface area contributed by atoms with E-state index in [0.29, 0.717) is 18.7 Å². The van der Waals surface area contributed by atoms with E-state index in [1.54, 1.807) is 14.0 Å². The monoisotopic (exact) mass is 334 g/mol. The summed E-state index contributed by atoms with van der Waals surface area (Å²) >= 11 is 0. The van der Waals surface area contributed by atoms with E-state index in [-0.39, 0.29) is 23.6 Å². The van der Waals surface area contributed by atoms with Crippen LogP contribution in [0, 0.1) is 18.7 Å². The SMILES string of the molecule is C=CCN1CC(C(=O)NCCOC)CC(c2ccc(F)c(C)c2)C1. The number of rotatable bonds is 7. The fourth-order valence-corrected chi connectivity index (χ4v) is 3.30. The number of aryl methyl sites for hydroxylation is 1. The lowest BCUT2D eigenvalue weighted by Gasteiger charge is -2.37. The molecule has 0 bridgehead atoms. The van der Waals surface area contributed by atoms with E-state index in [1.165, 1.54) is 6.07 Å². The highest BCUT2D eigenvalue weighted by Gasteiger charge is 2.31. The van der Waals surface area contributed by atoms with Crippen LogP contribution in [0.15, 0.2) is 30.9 Å².